The third-order valence-electron chi connectivity index (χ3n) is 1.94. The van der Waals surface area contributed by atoms with Crippen LogP contribution in [0.2, 0.25) is 0 Å². The van der Waals surface area contributed by atoms with Crippen LogP contribution in [0.3, 0.4) is 0 Å². The molecule has 74 valence electrons. The number of nitrogens with one attached hydrogen (secondary N) is 1. The van der Waals surface area contributed by atoms with Gasteiger partial charge in [0.05, 0.1) is 6.10 Å². The van der Waals surface area contributed by atoms with Crippen LogP contribution in [-0.4, -0.2) is 17.3 Å². The lowest BCUT2D eigenvalue weighted by Gasteiger charge is -2.15. The lowest BCUT2D eigenvalue weighted by Crippen LogP contribution is -2.34. The van der Waals surface area contributed by atoms with Crippen molar-refractivity contribution in [1.29, 1.82) is 0 Å². The van der Waals surface area contributed by atoms with Gasteiger partial charge in [-0.05, 0) is 35.8 Å². The van der Waals surface area contributed by atoms with E-state index in [-0.39, 0.29) is 12.1 Å². The van der Waals surface area contributed by atoms with Gasteiger partial charge in [0.25, 0.3) is 0 Å². The fourth-order valence-electron chi connectivity index (χ4n) is 0.879. The number of aliphatic hydroxyl groups is 1. The average Bonchev–Trinajstić information content (AvgIpc) is 2.47. The first-order valence-corrected chi connectivity index (χ1v) is 5.91. The minimum atomic E-state index is -0.302. The van der Waals surface area contributed by atoms with E-state index in [4.69, 9.17) is 0 Å². The van der Waals surface area contributed by atoms with Gasteiger partial charge in [-0.2, -0.15) is 0 Å². The molecule has 0 saturated heterocycles. The highest BCUT2D eigenvalue weighted by Gasteiger charge is 2.07. The minimum absolute atomic E-state index is 0.140. The van der Waals surface area contributed by atoms with Gasteiger partial charge in [0.2, 0.25) is 0 Å². The quantitative estimate of drug-likeness (QED) is 0.875. The Morgan fingerprint density at radius 2 is 2.31 bits per heavy atom. The first kappa shape index (κ1) is 11.2. The molecule has 0 saturated carbocycles. The Morgan fingerprint density at radius 3 is 2.77 bits per heavy atom. The van der Waals surface area contributed by atoms with Gasteiger partial charge in [0, 0.05) is 27.3 Å². The molecule has 0 amide bonds. The van der Waals surface area contributed by atoms with Crippen LogP contribution in [0.15, 0.2) is 15.9 Å². The van der Waals surface area contributed by atoms with Crippen LogP contribution in [0.5, 0.6) is 0 Å². The van der Waals surface area contributed by atoms with E-state index in [1.807, 2.05) is 6.92 Å². The molecule has 2 nitrogen and oxygen atoms in total. The lowest BCUT2D eigenvalue weighted by molar-refractivity contribution is 0.152. The first-order valence-electron chi connectivity index (χ1n) is 4.24. The van der Waals surface area contributed by atoms with Gasteiger partial charge in [0.15, 0.2) is 0 Å². The zero-order valence-electron chi connectivity index (χ0n) is 7.75. The molecule has 13 heavy (non-hydrogen) atoms. The fraction of sp³-hybridized carbons (Fsp3) is 0.556. The number of hydrogen-bond donors (Lipinski definition) is 2. The number of rotatable bonds is 4. The molecule has 0 aliphatic carbocycles. The van der Waals surface area contributed by atoms with Crippen LogP contribution in [0.25, 0.3) is 0 Å². The molecule has 0 radical (unpaired) electrons. The molecule has 1 aromatic heterocycles. The Kier molecular flexibility index (Phi) is 4.38. The van der Waals surface area contributed by atoms with Crippen LogP contribution < -0.4 is 5.32 Å². The average molecular weight is 264 g/mol. The predicted octanol–water partition coefficient (Wildman–Crippen LogP) is 2.37. The summed E-state index contributed by atoms with van der Waals surface area (Å²) in [4.78, 5) is 1.28. The Hall–Kier alpha value is 0.1000. The lowest BCUT2D eigenvalue weighted by atomic mass is 10.2. The van der Waals surface area contributed by atoms with Crippen LogP contribution >= 0.6 is 27.3 Å². The summed E-state index contributed by atoms with van der Waals surface area (Å²) < 4.78 is 1.12. The third-order valence-corrected chi connectivity index (χ3v) is 3.64. The molecular weight excluding hydrogens is 250 g/mol. The van der Waals surface area contributed by atoms with Crippen LogP contribution in [0.1, 0.15) is 18.7 Å². The highest BCUT2D eigenvalue weighted by Crippen LogP contribution is 2.19. The van der Waals surface area contributed by atoms with Crippen molar-refractivity contribution in [1.82, 2.24) is 5.32 Å². The minimum Gasteiger partial charge on any atom is -0.392 e. The van der Waals surface area contributed by atoms with Gasteiger partial charge < -0.3 is 10.4 Å². The SMILES string of the molecule is CC(O)C(C)NCc1cc(Br)cs1. The summed E-state index contributed by atoms with van der Waals surface area (Å²) in [5.74, 6) is 0. The fourth-order valence-corrected chi connectivity index (χ4v) is 2.28. The van der Waals surface area contributed by atoms with E-state index in [9.17, 15) is 5.11 Å². The molecule has 0 spiro atoms. The second-order valence-electron chi connectivity index (χ2n) is 3.14. The molecule has 1 aromatic rings. The summed E-state index contributed by atoms with van der Waals surface area (Å²) in [7, 11) is 0. The molecule has 0 aliphatic heterocycles. The maximum atomic E-state index is 9.24. The van der Waals surface area contributed by atoms with Gasteiger partial charge in [-0.3, -0.25) is 0 Å². The van der Waals surface area contributed by atoms with Gasteiger partial charge in [-0.1, -0.05) is 0 Å². The Bertz CT molecular complexity index is 262. The summed E-state index contributed by atoms with van der Waals surface area (Å²) in [6.45, 7) is 4.59. The highest BCUT2D eigenvalue weighted by atomic mass is 79.9. The van der Waals surface area contributed by atoms with E-state index >= 15 is 0 Å². The number of aliphatic hydroxyl groups excluding tert-OH is 1. The molecule has 1 rings (SSSR count). The van der Waals surface area contributed by atoms with E-state index in [2.05, 4.69) is 32.7 Å². The van der Waals surface area contributed by atoms with Crippen molar-refractivity contribution in [2.75, 3.05) is 0 Å². The van der Waals surface area contributed by atoms with E-state index < -0.39 is 0 Å². The summed E-state index contributed by atoms with van der Waals surface area (Å²) in [6.07, 6.45) is -0.302. The predicted molar refractivity (Wildman–Crippen MR) is 60.0 cm³/mol. The van der Waals surface area contributed by atoms with Crippen molar-refractivity contribution < 1.29 is 5.11 Å². The Balaban J connectivity index is 2.35. The van der Waals surface area contributed by atoms with Gasteiger partial charge in [0.1, 0.15) is 0 Å². The van der Waals surface area contributed by atoms with E-state index in [0.29, 0.717) is 0 Å². The van der Waals surface area contributed by atoms with Gasteiger partial charge >= 0.3 is 0 Å². The van der Waals surface area contributed by atoms with Crippen molar-refractivity contribution in [2.24, 2.45) is 0 Å². The van der Waals surface area contributed by atoms with Crippen molar-refractivity contribution in [3.8, 4) is 0 Å². The van der Waals surface area contributed by atoms with Crippen molar-refractivity contribution in [2.45, 2.75) is 32.5 Å². The molecular formula is C9H14BrNOS. The second kappa shape index (κ2) is 5.10. The third kappa shape index (κ3) is 3.77. The number of halogens is 1. The molecule has 2 N–H and O–H groups in total. The molecule has 1 heterocycles. The molecule has 0 fully saturated rings. The number of thiophene rings is 1. The van der Waals surface area contributed by atoms with Crippen LogP contribution in [-0.2, 0) is 6.54 Å². The van der Waals surface area contributed by atoms with Crippen LogP contribution in [0, 0.1) is 0 Å². The summed E-state index contributed by atoms with van der Waals surface area (Å²) in [5, 5.41) is 14.5. The maximum Gasteiger partial charge on any atom is 0.0662 e. The van der Waals surface area contributed by atoms with Crippen molar-refractivity contribution in [3.05, 3.63) is 20.8 Å². The molecule has 2 unspecified atom stereocenters. The van der Waals surface area contributed by atoms with Gasteiger partial charge in [-0.15, -0.1) is 11.3 Å². The van der Waals surface area contributed by atoms with Crippen molar-refractivity contribution in [3.63, 3.8) is 0 Å². The summed E-state index contributed by atoms with van der Waals surface area (Å²) >= 11 is 5.11. The molecule has 0 aliphatic rings. The summed E-state index contributed by atoms with van der Waals surface area (Å²) in [5.41, 5.74) is 0. The molecule has 4 heteroatoms. The van der Waals surface area contributed by atoms with E-state index in [1.54, 1.807) is 18.3 Å². The largest absolute Gasteiger partial charge is 0.392 e. The molecule has 0 aromatic carbocycles. The highest BCUT2D eigenvalue weighted by molar-refractivity contribution is 9.10. The van der Waals surface area contributed by atoms with Gasteiger partial charge in [-0.25, -0.2) is 0 Å². The monoisotopic (exact) mass is 263 g/mol. The topological polar surface area (TPSA) is 32.3 Å². The zero-order valence-corrected chi connectivity index (χ0v) is 10.2. The Morgan fingerprint density at radius 1 is 1.62 bits per heavy atom. The number of hydrogen-bond acceptors (Lipinski definition) is 3. The maximum absolute atomic E-state index is 9.24. The zero-order chi connectivity index (χ0) is 9.84. The first-order chi connectivity index (χ1) is 6.09. The second-order valence-corrected chi connectivity index (χ2v) is 5.05. The summed E-state index contributed by atoms with van der Waals surface area (Å²) in [6, 6.07) is 2.23. The molecule has 2 atom stereocenters. The standard InChI is InChI=1S/C9H14BrNOS/c1-6(7(2)12)11-4-9-3-8(10)5-13-9/h3,5-7,11-12H,4H2,1-2H3. The smallest absolute Gasteiger partial charge is 0.0662 e. The van der Waals surface area contributed by atoms with E-state index in [0.717, 1.165) is 11.0 Å². The van der Waals surface area contributed by atoms with Crippen molar-refractivity contribution >= 4 is 27.3 Å². The Labute approximate surface area is 91.1 Å². The van der Waals surface area contributed by atoms with Crippen LogP contribution in [0.4, 0.5) is 0 Å². The van der Waals surface area contributed by atoms with E-state index in [1.165, 1.54) is 4.88 Å². The molecule has 0 bridgehead atoms. The normalized spacial score (nSPS) is 15.7.